The fourth-order valence-electron chi connectivity index (χ4n) is 2.71. The van der Waals surface area contributed by atoms with Crippen LogP contribution in [0.25, 0.3) is 10.8 Å². The van der Waals surface area contributed by atoms with Crippen LogP contribution in [-0.4, -0.2) is 16.2 Å². The normalized spacial score (nSPS) is 25.1. The van der Waals surface area contributed by atoms with Crippen molar-refractivity contribution in [3.05, 3.63) is 42.2 Å². The summed E-state index contributed by atoms with van der Waals surface area (Å²) in [6, 6.07) is 8.35. The van der Waals surface area contributed by atoms with E-state index < -0.39 is 0 Å². The van der Waals surface area contributed by atoms with Crippen LogP contribution in [0.1, 0.15) is 30.7 Å². The number of aromatic nitrogens is 1. The Balaban J connectivity index is 2.09. The van der Waals surface area contributed by atoms with Gasteiger partial charge in [-0.15, -0.1) is 0 Å². The summed E-state index contributed by atoms with van der Waals surface area (Å²) in [5.74, 6) is 0.480. The minimum absolute atomic E-state index is 0.121. The quantitative estimate of drug-likeness (QED) is 0.790. The first kappa shape index (κ1) is 9.79. The van der Waals surface area contributed by atoms with Crippen molar-refractivity contribution in [2.75, 3.05) is 0 Å². The van der Waals surface area contributed by atoms with Crippen LogP contribution in [0, 0.1) is 0 Å². The van der Waals surface area contributed by atoms with Crippen molar-refractivity contribution in [2.45, 2.75) is 31.3 Å². The predicted molar refractivity (Wildman–Crippen MR) is 64.3 cm³/mol. The van der Waals surface area contributed by atoms with Crippen molar-refractivity contribution < 1.29 is 5.11 Å². The SMILES string of the molecule is OC1CCC(c2cncc3ccccc23)C1. The molecule has 0 saturated heterocycles. The van der Waals surface area contributed by atoms with Crippen molar-refractivity contribution in [1.82, 2.24) is 4.98 Å². The lowest BCUT2D eigenvalue weighted by atomic mass is 9.94. The Morgan fingerprint density at radius 1 is 1.12 bits per heavy atom. The lowest BCUT2D eigenvalue weighted by Gasteiger charge is -2.12. The monoisotopic (exact) mass is 213 g/mol. The third-order valence-electron chi connectivity index (χ3n) is 3.54. The second kappa shape index (κ2) is 3.87. The molecule has 0 radical (unpaired) electrons. The molecule has 1 saturated carbocycles. The molecule has 0 aliphatic heterocycles. The Hall–Kier alpha value is -1.41. The second-order valence-corrected chi connectivity index (χ2v) is 4.61. The summed E-state index contributed by atoms with van der Waals surface area (Å²) in [7, 11) is 0. The van der Waals surface area contributed by atoms with Gasteiger partial charge in [0.15, 0.2) is 0 Å². The highest BCUT2D eigenvalue weighted by Crippen LogP contribution is 2.37. The van der Waals surface area contributed by atoms with Gasteiger partial charge in [0.25, 0.3) is 0 Å². The molecule has 1 aliphatic carbocycles. The molecule has 2 atom stereocenters. The number of aliphatic hydroxyl groups excluding tert-OH is 1. The van der Waals surface area contributed by atoms with E-state index in [2.05, 4.69) is 23.2 Å². The minimum Gasteiger partial charge on any atom is -0.393 e. The molecule has 1 heterocycles. The molecule has 1 fully saturated rings. The minimum atomic E-state index is -0.121. The van der Waals surface area contributed by atoms with E-state index in [4.69, 9.17) is 0 Å². The number of fused-ring (bicyclic) bond motifs is 1. The molecule has 82 valence electrons. The third kappa shape index (κ3) is 1.59. The number of aliphatic hydroxyl groups is 1. The largest absolute Gasteiger partial charge is 0.393 e. The molecule has 0 amide bonds. The van der Waals surface area contributed by atoms with Gasteiger partial charge in [0, 0.05) is 17.8 Å². The maximum Gasteiger partial charge on any atom is 0.0546 e. The van der Waals surface area contributed by atoms with Gasteiger partial charge in [-0.25, -0.2) is 0 Å². The fourth-order valence-corrected chi connectivity index (χ4v) is 2.71. The molecule has 2 unspecified atom stereocenters. The molecule has 0 bridgehead atoms. The zero-order valence-corrected chi connectivity index (χ0v) is 9.13. The highest BCUT2D eigenvalue weighted by Gasteiger charge is 2.25. The Bertz CT molecular complexity index is 504. The van der Waals surface area contributed by atoms with Gasteiger partial charge >= 0.3 is 0 Å². The van der Waals surface area contributed by atoms with Crippen LogP contribution in [0.15, 0.2) is 36.7 Å². The predicted octanol–water partition coefficient (Wildman–Crippen LogP) is 2.86. The summed E-state index contributed by atoms with van der Waals surface area (Å²) in [6.45, 7) is 0. The van der Waals surface area contributed by atoms with Crippen LogP contribution in [0.5, 0.6) is 0 Å². The van der Waals surface area contributed by atoms with Gasteiger partial charge in [-0.05, 0) is 36.1 Å². The number of pyridine rings is 1. The van der Waals surface area contributed by atoms with Crippen LogP contribution in [0.3, 0.4) is 0 Å². The molecule has 1 aromatic heterocycles. The first-order valence-electron chi connectivity index (χ1n) is 5.85. The number of rotatable bonds is 1. The second-order valence-electron chi connectivity index (χ2n) is 4.61. The molecule has 0 spiro atoms. The van der Waals surface area contributed by atoms with Gasteiger partial charge in [-0.3, -0.25) is 4.98 Å². The van der Waals surface area contributed by atoms with E-state index >= 15 is 0 Å². The van der Waals surface area contributed by atoms with E-state index in [0.717, 1.165) is 19.3 Å². The van der Waals surface area contributed by atoms with Crippen molar-refractivity contribution in [2.24, 2.45) is 0 Å². The molecular formula is C14H15NO. The van der Waals surface area contributed by atoms with Crippen LogP contribution < -0.4 is 0 Å². The summed E-state index contributed by atoms with van der Waals surface area (Å²) >= 11 is 0. The van der Waals surface area contributed by atoms with E-state index in [1.807, 2.05) is 18.5 Å². The van der Waals surface area contributed by atoms with Gasteiger partial charge < -0.3 is 5.11 Å². The van der Waals surface area contributed by atoms with E-state index in [-0.39, 0.29) is 6.10 Å². The number of hydrogen-bond donors (Lipinski definition) is 1. The van der Waals surface area contributed by atoms with E-state index in [0.29, 0.717) is 5.92 Å². The molecule has 2 aromatic rings. The maximum atomic E-state index is 9.61. The van der Waals surface area contributed by atoms with Crippen LogP contribution in [0.4, 0.5) is 0 Å². The average Bonchev–Trinajstić information content (AvgIpc) is 2.75. The molecule has 1 aromatic carbocycles. The average molecular weight is 213 g/mol. The molecule has 2 heteroatoms. The smallest absolute Gasteiger partial charge is 0.0546 e. The molecule has 2 nitrogen and oxygen atoms in total. The summed E-state index contributed by atoms with van der Waals surface area (Å²) in [4.78, 5) is 4.30. The topological polar surface area (TPSA) is 33.1 Å². The zero-order chi connectivity index (χ0) is 11.0. The van der Waals surface area contributed by atoms with Crippen molar-refractivity contribution in [1.29, 1.82) is 0 Å². The van der Waals surface area contributed by atoms with Crippen LogP contribution in [-0.2, 0) is 0 Å². The van der Waals surface area contributed by atoms with Gasteiger partial charge in [-0.1, -0.05) is 24.3 Å². The Morgan fingerprint density at radius 2 is 2.00 bits per heavy atom. The first-order chi connectivity index (χ1) is 7.84. The van der Waals surface area contributed by atoms with E-state index in [9.17, 15) is 5.11 Å². The first-order valence-corrected chi connectivity index (χ1v) is 5.85. The highest BCUT2D eigenvalue weighted by molar-refractivity contribution is 5.85. The van der Waals surface area contributed by atoms with E-state index in [1.54, 1.807) is 0 Å². The lowest BCUT2D eigenvalue weighted by molar-refractivity contribution is 0.181. The summed E-state index contributed by atoms with van der Waals surface area (Å²) in [6.07, 6.45) is 6.64. The maximum absolute atomic E-state index is 9.61. The van der Waals surface area contributed by atoms with Crippen LogP contribution in [0.2, 0.25) is 0 Å². The summed E-state index contributed by atoms with van der Waals surface area (Å²) in [5.41, 5.74) is 1.30. The summed E-state index contributed by atoms with van der Waals surface area (Å²) < 4.78 is 0. The molecule has 3 rings (SSSR count). The van der Waals surface area contributed by atoms with Gasteiger partial charge in [0.05, 0.1) is 6.10 Å². The van der Waals surface area contributed by atoms with Crippen molar-refractivity contribution in [3.8, 4) is 0 Å². The lowest BCUT2D eigenvalue weighted by Crippen LogP contribution is -2.00. The Labute approximate surface area is 94.9 Å². The molecular weight excluding hydrogens is 198 g/mol. The van der Waals surface area contributed by atoms with Gasteiger partial charge in [0.2, 0.25) is 0 Å². The number of hydrogen-bond acceptors (Lipinski definition) is 2. The standard InChI is InChI=1S/C14H15NO/c16-12-6-5-10(7-12)14-9-15-8-11-3-1-2-4-13(11)14/h1-4,8-10,12,16H,5-7H2. The summed E-state index contributed by atoms with van der Waals surface area (Å²) in [5, 5.41) is 12.1. The molecule has 1 N–H and O–H groups in total. The number of benzene rings is 1. The molecule has 1 aliphatic rings. The van der Waals surface area contributed by atoms with E-state index in [1.165, 1.54) is 16.3 Å². The third-order valence-corrected chi connectivity index (χ3v) is 3.54. The highest BCUT2D eigenvalue weighted by atomic mass is 16.3. The zero-order valence-electron chi connectivity index (χ0n) is 9.13. The van der Waals surface area contributed by atoms with Gasteiger partial charge in [0.1, 0.15) is 0 Å². The molecule has 16 heavy (non-hydrogen) atoms. The van der Waals surface area contributed by atoms with Crippen molar-refractivity contribution in [3.63, 3.8) is 0 Å². The van der Waals surface area contributed by atoms with Crippen LogP contribution >= 0.6 is 0 Å². The fraction of sp³-hybridized carbons (Fsp3) is 0.357. The Kier molecular flexibility index (Phi) is 2.37. The van der Waals surface area contributed by atoms with Crippen molar-refractivity contribution >= 4 is 10.8 Å². The Morgan fingerprint density at radius 3 is 2.81 bits per heavy atom. The van der Waals surface area contributed by atoms with Gasteiger partial charge in [-0.2, -0.15) is 0 Å². The number of nitrogens with zero attached hydrogens (tertiary/aromatic N) is 1.